The third kappa shape index (κ3) is 3.27. The number of carbonyl (C=O) groups is 1. The highest BCUT2D eigenvalue weighted by atomic mass is 32.1. The minimum absolute atomic E-state index is 0.0217. The van der Waals surface area contributed by atoms with Crippen molar-refractivity contribution >= 4 is 34.6 Å². The molecule has 1 aliphatic carbocycles. The molecule has 1 aromatic rings. The monoisotopic (exact) mass is 298 g/mol. The molecule has 1 aromatic heterocycles. The molecule has 0 aromatic carbocycles. The van der Waals surface area contributed by atoms with Gasteiger partial charge in [0.25, 0.3) is 5.91 Å². The summed E-state index contributed by atoms with van der Waals surface area (Å²) in [5.41, 5.74) is 6.40. The second-order valence-electron chi connectivity index (χ2n) is 4.74. The van der Waals surface area contributed by atoms with E-state index in [-0.39, 0.29) is 11.9 Å². The van der Waals surface area contributed by atoms with Gasteiger partial charge in [-0.3, -0.25) is 4.79 Å². The Morgan fingerprint density at radius 2 is 2.21 bits per heavy atom. The van der Waals surface area contributed by atoms with E-state index in [1.165, 1.54) is 0 Å². The molecule has 2 rings (SSSR count). The van der Waals surface area contributed by atoms with E-state index in [1.807, 2.05) is 11.8 Å². The van der Waals surface area contributed by atoms with Gasteiger partial charge in [-0.05, 0) is 30.8 Å². The summed E-state index contributed by atoms with van der Waals surface area (Å²) in [7, 11) is 0. The van der Waals surface area contributed by atoms with Crippen LogP contribution in [0.1, 0.15) is 48.0 Å². The first kappa shape index (κ1) is 14.3. The maximum absolute atomic E-state index is 12.6. The molecular formula is C12H18N4OS2. The second-order valence-corrected chi connectivity index (χ2v) is 6.02. The molecule has 0 bridgehead atoms. The second kappa shape index (κ2) is 6.38. The highest BCUT2D eigenvalue weighted by Gasteiger charge is 2.30. The smallest absolute Gasteiger partial charge is 0.268 e. The first-order valence-corrected chi connectivity index (χ1v) is 7.72. The largest absolute Gasteiger partial charge is 0.392 e. The van der Waals surface area contributed by atoms with Crippen LogP contribution in [-0.2, 0) is 6.42 Å². The van der Waals surface area contributed by atoms with E-state index < -0.39 is 0 Å². The van der Waals surface area contributed by atoms with Gasteiger partial charge in [-0.2, -0.15) is 0 Å². The maximum Gasteiger partial charge on any atom is 0.268 e. The van der Waals surface area contributed by atoms with E-state index in [9.17, 15) is 4.79 Å². The van der Waals surface area contributed by atoms with E-state index in [4.69, 9.17) is 18.0 Å². The standard InChI is InChI=1S/C12H18N4OS2/c1-2-9-11(19-15-14-9)12(17)16(7-10(13)18)8-5-3-4-6-8/h8H,2-7H2,1H3,(H2,13,18). The molecule has 1 heterocycles. The number of amides is 1. The Hall–Kier alpha value is -1.08. The molecule has 2 N–H and O–H groups in total. The van der Waals surface area contributed by atoms with Crippen LogP contribution in [0.2, 0.25) is 0 Å². The summed E-state index contributed by atoms with van der Waals surface area (Å²) in [6.45, 7) is 2.32. The number of thiocarbonyl (C=S) groups is 1. The number of aromatic nitrogens is 2. The molecule has 1 saturated carbocycles. The van der Waals surface area contributed by atoms with Gasteiger partial charge in [0.2, 0.25) is 0 Å². The molecular weight excluding hydrogens is 280 g/mol. The summed E-state index contributed by atoms with van der Waals surface area (Å²) in [6.07, 6.45) is 5.09. The highest BCUT2D eigenvalue weighted by Crippen LogP contribution is 2.26. The topological polar surface area (TPSA) is 72.1 Å². The Morgan fingerprint density at radius 3 is 2.79 bits per heavy atom. The number of hydrogen-bond acceptors (Lipinski definition) is 5. The van der Waals surface area contributed by atoms with E-state index in [1.54, 1.807) is 0 Å². The average Bonchev–Trinajstić information content (AvgIpc) is 3.05. The zero-order valence-electron chi connectivity index (χ0n) is 11.0. The number of nitrogens with zero attached hydrogens (tertiary/aromatic N) is 3. The number of carbonyl (C=O) groups excluding carboxylic acids is 1. The maximum atomic E-state index is 12.6. The van der Waals surface area contributed by atoms with Crippen LogP contribution in [0.4, 0.5) is 0 Å². The lowest BCUT2D eigenvalue weighted by Gasteiger charge is -2.28. The molecule has 19 heavy (non-hydrogen) atoms. The Kier molecular flexibility index (Phi) is 4.81. The van der Waals surface area contributed by atoms with Gasteiger partial charge >= 0.3 is 0 Å². The fourth-order valence-corrected chi connectivity index (χ4v) is 3.33. The van der Waals surface area contributed by atoms with Crippen LogP contribution in [-0.4, -0.2) is 38.0 Å². The van der Waals surface area contributed by atoms with Gasteiger partial charge in [-0.1, -0.05) is 36.5 Å². The summed E-state index contributed by atoms with van der Waals surface area (Å²) in [4.78, 5) is 15.4. The lowest BCUT2D eigenvalue weighted by Crippen LogP contribution is -2.43. The van der Waals surface area contributed by atoms with Crippen LogP contribution in [0.15, 0.2) is 0 Å². The van der Waals surface area contributed by atoms with Gasteiger partial charge < -0.3 is 10.6 Å². The molecule has 0 radical (unpaired) electrons. The molecule has 0 atom stereocenters. The Bertz CT molecular complexity index is 468. The molecule has 104 valence electrons. The molecule has 7 heteroatoms. The molecule has 0 unspecified atom stereocenters. The van der Waals surface area contributed by atoms with Crippen molar-refractivity contribution in [2.24, 2.45) is 5.73 Å². The Balaban J connectivity index is 2.21. The summed E-state index contributed by atoms with van der Waals surface area (Å²) >= 11 is 6.13. The molecule has 0 spiro atoms. The van der Waals surface area contributed by atoms with Gasteiger partial charge in [-0.15, -0.1) is 5.10 Å². The van der Waals surface area contributed by atoms with Crippen molar-refractivity contribution in [2.75, 3.05) is 6.54 Å². The van der Waals surface area contributed by atoms with Gasteiger partial charge in [0.15, 0.2) is 0 Å². The van der Waals surface area contributed by atoms with Crippen LogP contribution in [0.25, 0.3) is 0 Å². The van der Waals surface area contributed by atoms with Gasteiger partial charge in [0.05, 0.1) is 17.2 Å². The SMILES string of the molecule is CCc1nnsc1C(=O)N(CC(N)=S)C1CCCC1. The van der Waals surface area contributed by atoms with Crippen LogP contribution in [0, 0.1) is 0 Å². The van der Waals surface area contributed by atoms with Crippen molar-refractivity contribution in [3.05, 3.63) is 10.6 Å². The van der Waals surface area contributed by atoms with Crippen molar-refractivity contribution in [1.82, 2.24) is 14.5 Å². The third-order valence-corrected chi connectivity index (χ3v) is 4.32. The number of rotatable bonds is 5. The minimum Gasteiger partial charge on any atom is -0.392 e. The molecule has 5 nitrogen and oxygen atoms in total. The molecule has 0 saturated heterocycles. The fraction of sp³-hybridized carbons (Fsp3) is 0.667. The predicted molar refractivity (Wildman–Crippen MR) is 79.4 cm³/mol. The van der Waals surface area contributed by atoms with E-state index in [0.717, 1.165) is 42.9 Å². The number of aryl methyl sites for hydroxylation is 1. The quantitative estimate of drug-likeness (QED) is 0.839. The summed E-state index contributed by atoms with van der Waals surface area (Å²) < 4.78 is 3.88. The van der Waals surface area contributed by atoms with Crippen molar-refractivity contribution in [3.63, 3.8) is 0 Å². The first-order chi connectivity index (χ1) is 9.13. The van der Waals surface area contributed by atoms with E-state index in [0.29, 0.717) is 22.8 Å². The Morgan fingerprint density at radius 1 is 1.53 bits per heavy atom. The molecule has 1 aliphatic rings. The number of nitrogens with two attached hydrogens (primary N) is 1. The number of hydrogen-bond donors (Lipinski definition) is 1. The van der Waals surface area contributed by atoms with Crippen LogP contribution < -0.4 is 5.73 Å². The van der Waals surface area contributed by atoms with E-state index >= 15 is 0 Å². The summed E-state index contributed by atoms with van der Waals surface area (Å²) in [5, 5.41) is 4.00. The normalized spacial score (nSPS) is 15.6. The highest BCUT2D eigenvalue weighted by molar-refractivity contribution is 7.80. The first-order valence-electron chi connectivity index (χ1n) is 6.54. The fourth-order valence-electron chi connectivity index (χ4n) is 2.48. The lowest BCUT2D eigenvalue weighted by molar-refractivity contribution is 0.0718. The summed E-state index contributed by atoms with van der Waals surface area (Å²) in [5.74, 6) is -0.0217. The zero-order valence-corrected chi connectivity index (χ0v) is 12.6. The van der Waals surface area contributed by atoms with Gasteiger partial charge in [0.1, 0.15) is 4.88 Å². The predicted octanol–water partition coefficient (Wildman–Crippen LogP) is 1.77. The Labute approximate surface area is 122 Å². The average molecular weight is 298 g/mol. The molecule has 1 amide bonds. The minimum atomic E-state index is -0.0217. The molecule has 0 aliphatic heterocycles. The van der Waals surface area contributed by atoms with Crippen LogP contribution >= 0.6 is 23.8 Å². The van der Waals surface area contributed by atoms with Crippen molar-refractivity contribution in [1.29, 1.82) is 0 Å². The summed E-state index contributed by atoms with van der Waals surface area (Å²) in [6, 6.07) is 0.251. The van der Waals surface area contributed by atoms with Crippen LogP contribution in [0.5, 0.6) is 0 Å². The molecule has 1 fully saturated rings. The van der Waals surface area contributed by atoms with E-state index in [2.05, 4.69) is 9.59 Å². The third-order valence-electron chi connectivity index (χ3n) is 3.44. The van der Waals surface area contributed by atoms with Crippen molar-refractivity contribution in [2.45, 2.75) is 45.1 Å². The van der Waals surface area contributed by atoms with Gasteiger partial charge in [0, 0.05) is 6.04 Å². The lowest BCUT2D eigenvalue weighted by atomic mass is 10.2. The van der Waals surface area contributed by atoms with Gasteiger partial charge in [-0.25, -0.2) is 0 Å². The van der Waals surface area contributed by atoms with Crippen LogP contribution in [0.3, 0.4) is 0 Å². The zero-order chi connectivity index (χ0) is 13.8. The van der Waals surface area contributed by atoms with Crippen molar-refractivity contribution < 1.29 is 4.79 Å². The van der Waals surface area contributed by atoms with Crippen molar-refractivity contribution in [3.8, 4) is 0 Å².